The summed E-state index contributed by atoms with van der Waals surface area (Å²) in [4.78, 5) is 37.6. The topological polar surface area (TPSA) is 81.7 Å². The summed E-state index contributed by atoms with van der Waals surface area (Å²) in [5.74, 6) is 0.491. The number of rotatable bonds is 3. The molecule has 0 atom stereocenters. The van der Waals surface area contributed by atoms with E-state index in [0.29, 0.717) is 37.8 Å². The normalized spacial score (nSPS) is 17.2. The van der Waals surface area contributed by atoms with Crippen LogP contribution in [0.3, 0.4) is 0 Å². The van der Waals surface area contributed by atoms with Crippen LogP contribution >= 0.6 is 0 Å². The molecule has 2 aromatic rings. The Morgan fingerprint density at radius 3 is 2.39 bits per heavy atom. The zero-order chi connectivity index (χ0) is 19.5. The van der Waals surface area contributed by atoms with Gasteiger partial charge in [0.1, 0.15) is 5.70 Å². The van der Waals surface area contributed by atoms with Crippen molar-refractivity contribution in [3.63, 3.8) is 0 Å². The Morgan fingerprint density at radius 1 is 1.04 bits per heavy atom. The number of benzene rings is 1. The molecule has 1 fully saturated rings. The van der Waals surface area contributed by atoms with Gasteiger partial charge >= 0.3 is 0 Å². The number of hydrogen-bond acceptors (Lipinski definition) is 6. The van der Waals surface area contributed by atoms with Crippen molar-refractivity contribution in [3.8, 4) is 0 Å². The Bertz CT molecular complexity index is 889. The molecular weight excluding hydrogens is 356 g/mol. The van der Waals surface area contributed by atoms with Gasteiger partial charge in [0, 0.05) is 45.0 Å². The molecule has 1 saturated heterocycles. The number of hydrogen-bond donors (Lipinski definition) is 1. The average molecular weight is 378 g/mol. The molecule has 0 radical (unpaired) electrons. The Balaban J connectivity index is 1.41. The van der Waals surface area contributed by atoms with Crippen molar-refractivity contribution in [3.05, 3.63) is 60.1 Å². The minimum atomic E-state index is -0.0989. The Morgan fingerprint density at radius 2 is 1.71 bits per heavy atom. The minimum Gasteiger partial charge on any atom is -0.337 e. The fraction of sp³-hybridized carbons (Fsp3) is 0.300. The van der Waals surface area contributed by atoms with E-state index in [1.54, 1.807) is 29.4 Å². The van der Waals surface area contributed by atoms with Gasteiger partial charge in [0.05, 0.1) is 5.69 Å². The maximum Gasteiger partial charge on any atom is 0.271 e. The maximum absolute atomic E-state index is 12.9. The number of carbonyl (C=O) groups excluding carboxylic acids is 2. The monoisotopic (exact) mass is 378 g/mol. The largest absolute Gasteiger partial charge is 0.337 e. The van der Waals surface area contributed by atoms with E-state index in [2.05, 4.69) is 20.3 Å². The fourth-order valence-corrected chi connectivity index (χ4v) is 3.28. The molecule has 0 aliphatic carbocycles. The van der Waals surface area contributed by atoms with Gasteiger partial charge in [-0.1, -0.05) is 17.7 Å². The van der Waals surface area contributed by atoms with Crippen molar-refractivity contribution in [2.24, 2.45) is 0 Å². The van der Waals surface area contributed by atoms with E-state index in [4.69, 9.17) is 0 Å². The summed E-state index contributed by atoms with van der Waals surface area (Å²) >= 11 is 0. The number of carbonyl (C=O) groups is 2. The third kappa shape index (κ3) is 3.66. The summed E-state index contributed by atoms with van der Waals surface area (Å²) in [6.07, 6.45) is 5.29. The summed E-state index contributed by atoms with van der Waals surface area (Å²) in [6, 6.07) is 9.40. The first-order valence-electron chi connectivity index (χ1n) is 9.29. The fourth-order valence-electron chi connectivity index (χ4n) is 3.28. The van der Waals surface area contributed by atoms with Crippen LogP contribution in [0.15, 0.2) is 54.5 Å². The van der Waals surface area contributed by atoms with Crippen molar-refractivity contribution in [1.29, 1.82) is 0 Å². The number of hydrazine groups is 1. The molecule has 0 saturated carbocycles. The first-order valence-corrected chi connectivity index (χ1v) is 9.29. The van der Waals surface area contributed by atoms with Gasteiger partial charge in [-0.05, 0) is 31.2 Å². The van der Waals surface area contributed by atoms with Crippen LogP contribution < -0.4 is 15.3 Å². The summed E-state index contributed by atoms with van der Waals surface area (Å²) in [7, 11) is 0. The van der Waals surface area contributed by atoms with Crippen LogP contribution in [-0.2, 0) is 9.59 Å². The number of anilines is 2. The van der Waals surface area contributed by atoms with Gasteiger partial charge in [-0.3, -0.25) is 15.0 Å². The van der Waals surface area contributed by atoms with E-state index in [-0.39, 0.29) is 18.2 Å². The predicted molar refractivity (Wildman–Crippen MR) is 105 cm³/mol. The van der Waals surface area contributed by atoms with Crippen LogP contribution in [0, 0.1) is 6.92 Å². The van der Waals surface area contributed by atoms with Crippen molar-refractivity contribution in [1.82, 2.24) is 20.3 Å². The molecule has 2 aliphatic rings. The van der Waals surface area contributed by atoms with E-state index in [9.17, 15) is 9.59 Å². The Labute approximate surface area is 163 Å². The Hall–Kier alpha value is -3.42. The smallest absolute Gasteiger partial charge is 0.271 e. The van der Waals surface area contributed by atoms with E-state index in [1.807, 2.05) is 31.2 Å². The maximum atomic E-state index is 12.9. The van der Waals surface area contributed by atoms with Gasteiger partial charge in [-0.15, -0.1) is 0 Å². The van der Waals surface area contributed by atoms with Crippen LogP contribution in [0.1, 0.15) is 12.0 Å². The molecule has 28 heavy (non-hydrogen) atoms. The molecule has 1 N–H and O–H groups in total. The van der Waals surface area contributed by atoms with Gasteiger partial charge in [0.2, 0.25) is 11.9 Å². The number of aromatic nitrogens is 2. The highest BCUT2D eigenvalue weighted by Crippen LogP contribution is 2.20. The van der Waals surface area contributed by atoms with E-state index in [1.165, 1.54) is 5.01 Å². The van der Waals surface area contributed by atoms with Crippen LogP contribution in [0.2, 0.25) is 0 Å². The quantitative estimate of drug-likeness (QED) is 0.866. The highest BCUT2D eigenvalue weighted by molar-refractivity contribution is 6.01. The number of piperazine rings is 1. The molecule has 2 amide bonds. The molecule has 1 aromatic carbocycles. The third-order valence-corrected chi connectivity index (χ3v) is 4.89. The highest BCUT2D eigenvalue weighted by Gasteiger charge is 2.29. The summed E-state index contributed by atoms with van der Waals surface area (Å²) < 4.78 is 0. The van der Waals surface area contributed by atoms with E-state index < -0.39 is 0 Å². The van der Waals surface area contributed by atoms with Crippen molar-refractivity contribution in [2.45, 2.75) is 13.3 Å². The molecule has 0 bridgehead atoms. The molecular formula is C20H22N6O2. The molecule has 8 heteroatoms. The SMILES string of the molecule is Cc1ccc(N2NC(C(=O)N3CCN(c4ncccn4)CC3)=CCC2=O)cc1. The number of amides is 2. The predicted octanol–water partition coefficient (Wildman–Crippen LogP) is 1.26. The average Bonchev–Trinajstić information content (AvgIpc) is 2.75. The second-order valence-electron chi connectivity index (χ2n) is 6.83. The molecule has 1 aromatic heterocycles. The number of nitrogens with zero attached hydrogens (tertiary/aromatic N) is 5. The summed E-state index contributed by atoms with van der Waals surface area (Å²) in [5, 5.41) is 1.45. The molecule has 0 spiro atoms. The van der Waals surface area contributed by atoms with Crippen molar-refractivity contribution in [2.75, 3.05) is 36.1 Å². The molecule has 144 valence electrons. The molecule has 4 rings (SSSR count). The van der Waals surface area contributed by atoms with Gasteiger partial charge in [-0.2, -0.15) is 0 Å². The van der Waals surface area contributed by atoms with Crippen molar-refractivity contribution >= 4 is 23.5 Å². The summed E-state index contributed by atoms with van der Waals surface area (Å²) in [5.41, 5.74) is 5.26. The van der Waals surface area contributed by atoms with Crippen LogP contribution in [0.25, 0.3) is 0 Å². The molecule has 3 heterocycles. The standard InChI is InChI=1S/C20H22N6O2/c1-15-3-5-16(6-4-15)26-18(27)8-7-17(23-26)19(28)24-11-13-25(14-12-24)20-21-9-2-10-22-20/h2-7,9-10,23H,8,11-14H2,1H3. The zero-order valence-electron chi connectivity index (χ0n) is 15.7. The lowest BCUT2D eigenvalue weighted by molar-refractivity contribution is -0.128. The van der Waals surface area contributed by atoms with Gasteiger partial charge < -0.3 is 9.80 Å². The highest BCUT2D eigenvalue weighted by atomic mass is 16.2. The lowest BCUT2D eigenvalue weighted by atomic mass is 10.2. The Kier molecular flexibility index (Phi) is 4.92. The lowest BCUT2D eigenvalue weighted by Crippen LogP contribution is -2.54. The zero-order valence-corrected chi connectivity index (χ0v) is 15.7. The van der Waals surface area contributed by atoms with Crippen LogP contribution in [0.4, 0.5) is 11.6 Å². The van der Waals surface area contributed by atoms with Crippen LogP contribution in [0.5, 0.6) is 0 Å². The van der Waals surface area contributed by atoms with Gasteiger partial charge in [0.25, 0.3) is 5.91 Å². The van der Waals surface area contributed by atoms with Crippen molar-refractivity contribution < 1.29 is 9.59 Å². The molecule has 0 unspecified atom stereocenters. The minimum absolute atomic E-state index is 0.0913. The number of aryl methyl sites for hydroxylation is 1. The van der Waals surface area contributed by atoms with Crippen LogP contribution in [-0.4, -0.2) is 52.9 Å². The van der Waals surface area contributed by atoms with E-state index >= 15 is 0 Å². The van der Waals surface area contributed by atoms with Gasteiger partial charge in [-0.25, -0.2) is 15.0 Å². The lowest BCUT2D eigenvalue weighted by Gasteiger charge is -2.36. The second kappa shape index (κ2) is 7.67. The van der Waals surface area contributed by atoms with Gasteiger partial charge in [0.15, 0.2) is 0 Å². The molecule has 2 aliphatic heterocycles. The van der Waals surface area contributed by atoms with E-state index in [0.717, 1.165) is 11.3 Å². The first-order chi connectivity index (χ1) is 13.6. The third-order valence-electron chi connectivity index (χ3n) is 4.89. The second-order valence-corrected chi connectivity index (χ2v) is 6.83. The summed E-state index contributed by atoms with van der Waals surface area (Å²) in [6.45, 7) is 4.49. The first kappa shape index (κ1) is 18.0. The molecule has 8 nitrogen and oxygen atoms in total. The number of nitrogens with one attached hydrogen (secondary N) is 1.